The molecule has 0 unspecified atom stereocenters. The van der Waals surface area contributed by atoms with Crippen LogP contribution in [-0.2, 0) is 42.2 Å². The van der Waals surface area contributed by atoms with E-state index in [-0.39, 0.29) is 29.7 Å². The van der Waals surface area contributed by atoms with Gasteiger partial charge in [-0.25, -0.2) is 4.70 Å². The molecule has 2 aromatic rings. The first-order chi connectivity index (χ1) is 36.8. The third-order valence-corrected chi connectivity index (χ3v) is 15.3. The van der Waals surface area contributed by atoms with Gasteiger partial charge in [0.1, 0.15) is 0 Å². The van der Waals surface area contributed by atoms with Crippen LogP contribution < -0.4 is 0 Å². The minimum atomic E-state index is 0. The smallest absolute Gasteiger partial charge is 0.211 e. The van der Waals surface area contributed by atoms with Crippen molar-refractivity contribution in [3.05, 3.63) is 97.6 Å². The second-order valence-electron chi connectivity index (χ2n) is 22.1. The second kappa shape index (κ2) is 50.6. The normalized spacial score (nSPS) is 12.5. The minimum Gasteiger partial charge on any atom is -0.493 e. The SMILES string of the molecule is CC=Cc1c(CCCC)cc(C2=C(CCCCCC)C(CCCCCCCCCCCCCCCCCCCCCCC)=C(c3cc(CCCC)c(C=CC)c(CCCC)c3)[N+]2=[N-])cc1CCCC.CCO.CCO.[Ni]. The van der Waals surface area contributed by atoms with Gasteiger partial charge in [-0.05, 0) is 162 Å². The monoisotopic (exact) mass is 1090 g/mol. The number of allylic oxidation sites excluding steroid dienone is 4. The first-order valence-corrected chi connectivity index (χ1v) is 32.5. The number of aliphatic hydroxyl groups is 2. The molecule has 438 valence electrons. The Morgan fingerprint density at radius 1 is 0.342 bits per heavy atom. The molecule has 0 amide bonds. The van der Waals surface area contributed by atoms with E-state index in [0.29, 0.717) is 0 Å². The summed E-state index contributed by atoms with van der Waals surface area (Å²) in [6, 6.07) is 9.95. The first kappa shape index (κ1) is 73.4. The summed E-state index contributed by atoms with van der Waals surface area (Å²) in [7, 11) is 0. The van der Waals surface area contributed by atoms with Crippen LogP contribution in [0, 0.1) is 0 Å². The maximum Gasteiger partial charge on any atom is 0.211 e. The molecule has 0 spiro atoms. The third-order valence-electron chi connectivity index (χ3n) is 15.3. The van der Waals surface area contributed by atoms with E-state index >= 15 is 0 Å². The molecule has 2 aromatic carbocycles. The molecule has 1 aliphatic rings. The van der Waals surface area contributed by atoms with Gasteiger partial charge >= 0.3 is 0 Å². The van der Waals surface area contributed by atoms with Crippen molar-refractivity contribution >= 4 is 23.5 Å². The molecule has 0 atom stereocenters. The molecule has 0 saturated carbocycles. The molecule has 0 radical (unpaired) electrons. The van der Waals surface area contributed by atoms with Crippen LogP contribution in [0.1, 0.15) is 338 Å². The van der Waals surface area contributed by atoms with Crippen molar-refractivity contribution in [2.45, 2.75) is 320 Å². The van der Waals surface area contributed by atoms with E-state index in [1.807, 2.05) is 0 Å². The van der Waals surface area contributed by atoms with Gasteiger partial charge in [-0.3, -0.25) is 0 Å². The van der Waals surface area contributed by atoms with Gasteiger partial charge in [0.2, 0.25) is 11.4 Å². The topological polar surface area (TPSA) is 65.8 Å². The van der Waals surface area contributed by atoms with E-state index in [2.05, 4.69) is 104 Å². The summed E-state index contributed by atoms with van der Waals surface area (Å²) in [5.74, 6) is 0. The molecular weight excluding hydrogens is 971 g/mol. The Balaban J connectivity index is 0.00000765. The Morgan fingerprint density at radius 2 is 0.553 bits per heavy atom. The maximum atomic E-state index is 13.1. The van der Waals surface area contributed by atoms with Crippen molar-refractivity contribution in [3.8, 4) is 0 Å². The van der Waals surface area contributed by atoms with Crippen molar-refractivity contribution in [3.63, 3.8) is 0 Å². The van der Waals surface area contributed by atoms with E-state index in [1.165, 1.54) is 268 Å². The number of hydrogen-bond acceptors (Lipinski definition) is 2. The van der Waals surface area contributed by atoms with Gasteiger partial charge in [-0.1, -0.05) is 239 Å². The molecule has 3 rings (SSSR count). The predicted molar refractivity (Wildman–Crippen MR) is 336 cm³/mol. The summed E-state index contributed by atoms with van der Waals surface area (Å²) < 4.78 is 1.72. The Morgan fingerprint density at radius 3 is 0.776 bits per heavy atom. The van der Waals surface area contributed by atoms with Crippen molar-refractivity contribution < 1.29 is 31.4 Å². The molecule has 1 heterocycles. The van der Waals surface area contributed by atoms with E-state index < -0.39 is 0 Å². The van der Waals surface area contributed by atoms with E-state index in [0.717, 1.165) is 49.9 Å². The van der Waals surface area contributed by atoms with Crippen LogP contribution in [-0.4, -0.2) is 28.1 Å². The number of benzene rings is 2. The average molecular weight is 1090 g/mol. The van der Waals surface area contributed by atoms with E-state index in [1.54, 1.807) is 18.5 Å². The van der Waals surface area contributed by atoms with Crippen LogP contribution >= 0.6 is 0 Å². The Bertz CT molecular complexity index is 1810. The quantitative estimate of drug-likeness (QED) is 0.0395. The number of unbranched alkanes of at least 4 members (excludes halogenated alkanes) is 27. The molecule has 4 nitrogen and oxygen atoms in total. The van der Waals surface area contributed by atoms with Gasteiger partial charge in [0.25, 0.3) is 0 Å². The van der Waals surface area contributed by atoms with Crippen LogP contribution in [0.4, 0.5) is 0 Å². The summed E-state index contributed by atoms with van der Waals surface area (Å²) in [4.78, 5) is 0. The molecule has 1 aliphatic heterocycles. The molecule has 0 bridgehead atoms. The Labute approximate surface area is 482 Å². The third kappa shape index (κ3) is 30.1. The maximum absolute atomic E-state index is 13.1. The largest absolute Gasteiger partial charge is 0.493 e. The molecule has 5 heteroatoms. The fourth-order valence-electron chi connectivity index (χ4n) is 11.1. The van der Waals surface area contributed by atoms with Gasteiger partial charge in [0, 0.05) is 52.0 Å². The number of hydrogen-bond donors (Lipinski definition) is 2. The van der Waals surface area contributed by atoms with Gasteiger partial charge in [0.05, 0.1) is 0 Å². The van der Waals surface area contributed by atoms with Crippen molar-refractivity contribution in [1.29, 1.82) is 0 Å². The molecule has 0 saturated heterocycles. The summed E-state index contributed by atoms with van der Waals surface area (Å²) in [5, 5.41) is 15.1. The molecular formula is C71H122N2NiO2. The number of aryl methyl sites for hydroxylation is 4. The van der Waals surface area contributed by atoms with Gasteiger partial charge in [-0.2, -0.15) is 0 Å². The van der Waals surface area contributed by atoms with Crippen LogP contribution in [0.3, 0.4) is 0 Å². The zero-order chi connectivity index (χ0) is 55.2. The van der Waals surface area contributed by atoms with Gasteiger partial charge in [0.15, 0.2) is 0 Å². The van der Waals surface area contributed by atoms with Crippen molar-refractivity contribution in [2.24, 2.45) is 0 Å². The first-order valence-electron chi connectivity index (χ1n) is 32.5. The molecule has 0 aromatic heterocycles. The van der Waals surface area contributed by atoms with Crippen molar-refractivity contribution in [2.75, 3.05) is 13.2 Å². The minimum absolute atomic E-state index is 0. The summed E-state index contributed by atoms with van der Waals surface area (Å²) >= 11 is 0. The summed E-state index contributed by atoms with van der Waals surface area (Å²) in [5.41, 5.74) is 29.2. The molecule has 76 heavy (non-hydrogen) atoms. The fourth-order valence-corrected chi connectivity index (χ4v) is 11.1. The zero-order valence-corrected chi connectivity index (χ0v) is 52.7. The molecule has 0 fully saturated rings. The van der Waals surface area contributed by atoms with E-state index in [9.17, 15) is 5.53 Å². The number of aliphatic hydroxyl groups excluding tert-OH is 2. The molecule has 0 aliphatic carbocycles. The predicted octanol–water partition coefficient (Wildman–Crippen LogP) is 22.9. The zero-order valence-electron chi connectivity index (χ0n) is 51.7. The summed E-state index contributed by atoms with van der Waals surface area (Å²) in [6.07, 6.45) is 59.4. The van der Waals surface area contributed by atoms with Crippen molar-refractivity contribution in [1.82, 2.24) is 0 Å². The standard InChI is InChI=1S/C67H110N2.2C2H6O.Ni/c1-9-17-23-25-26-27-28-29-30-31-32-33-34-35-36-37-38-39-40-41-43-51-65-64(50-42-24-18-10-2)66(60-52-56(46-19-11-3)62(44-15-7)57(53-60)47-20-12-4)69(68)67(65)61-54-58(48-21-13-5)63(45-16-8)59(55-61)49-22-14-6;2*1-2-3;/h15-16,44-45,52-55H,9-14,17-43,46-51H2,1-8H3;2*3H,2H2,1H3;. The van der Waals surface area contributed by atoms with Crippen LogP contribution in [0.15, 0.2) is 47.6 Å². The van der Waals surface area contributed by atoms with Crippen LogP contribution in [0.25, 0.3) is 29.1 Å². The van der Waals surface area contributed by atoms with Gasteiger partial charge < -0.3 is 15.7 Å². The average Bonchev–Trinajstić information content (AvgIpc) is 3.68. The van der Waals surface area contributed by atoms with Crippen LogP contribution in [0.2, 0.25) is 0 Å². The van der Waals surface area contributed by atoms with Gasteiger partial charge in [-0.15, -0.1) is 0 Å². The summed E-state index contributed by atoms with van der Waals surface area (Å²) in [6.45, 7) is 22.1. The Kier molecular flexibility index (Phi) is 48.9. The fraction of sp³-hybridized carbons (Fsp3) is 0.718. The Hall–Kier alpha value is -2.59. The van der Waals surface area contributed by atoms with Crippen LogP contribution in [0.5, 0.6) is 0 Å². The number of nitrogens with zero attached hydrogens (tertiary/aromatic N) is 2. The second-order valence-corrected chi connectivity index (χ2v) is 22.1. The molecule has 2 N–H and O–H groups in total. The van der Waals surface area contributed by atoms with E-state index in [4.69, 9.17) is 10.2 Å². The number of rotatable bonds is 43.